The summed E-state index contributed by atoms with van der Waals surface area (Å²) in [7, 11) is 0. The molecule has 1 heterocycles. The highest BCUT2D eigenvalue weighted by molar-refractivity contribution is 5.83. The number of hydrogen-bond donors (Lipinski definition) is 0. The minimum Gasteiger partial charge on any atom is -0.305 e. The maximum atomic E-state index is 12.0. The van der Waals surface area contributed by atoms with Crippen molar-refractivity contribution < 1.29 is 4.79 Å². The van der Waals surface area contributed by atoms with E-state index in [-0.39, 0.29) is 23.3 Å². The highest BCUT2D eigenvalue weighted by atomic mass is 16.1. The third kappa shape index (κ3) is 2.33. The van der Waals surface area contributed by atoms with Crippen LogP contribution in [0.2, 0.25) is 0 Å². The highest BCUT2D eigenvalue weighted by Gasteiger charge is 2.24. The fourth-order valence-corrected chi connectivity index (χ4v) is 2.19. The second-order valence-electron chi connectivity index (χ2n) is 5.76. The zero-order valence-corrected chi connectivity index (χ0v) is 10.7. The number of rotatable bonds is 2. The van der Waals surface area contributed by atoms with E-state index in [0.29, 0.717) is 0 Å². The Bertz CT molecular complexity index is 506. The molecule has 92 valence electrons. The Morgan fingerprint density at radius 3 is 2.65 bits per heavy atom. The van der Waals surface area contributed by atoms with E-state index in [1.807, 2.05) is 26.8 Å². The second kappa shape index (κ2) is 4.13. The van der Waals surface area contributed by atoms with Crippen LogP contribution in [0.3, 0.4) is 0 Å². The first-order chi connectivity index (χ1) is 7.89. The lowest BCUT2D eigenvalue weighted by Crippen LogP contribution is -2.32. The molecule has 0 saturated heterocycles. The maximum Gasteiger partial charge on any atom is 0.251 e. The number of aromatic nitrogens is 1. The van der Waals surface area contributed by atoms with Crippen molar-refractivity contribution in [1.29, 1.82) is 0 Å². The largest absolute Gasteiger partial charge is 0.305 e. The van der Waals surface area contributed by atoms with Crippen LogP contribution in [-0.2, 0) is 24.2 Å². The summed E-state index contributed by atoms with van der Waals surface area (Å²) in [4.78, 5) is 23.9. The van der Waals surface area contributed by atoms with E-state index in [2.05, 4.69) is 0 Å². The first-order valence-corrected chi connectivity index (χ1v) is 6.14. The van der Waals surface area contributed by atoms with E-state index in [1.54, 1.807) is 10.6 Å². The van der Waals surface area contributed by atoms with Crippen LogP contribution in [0.25, 0.3) is 0 Å². The molecule has 0 aromatic carbocycles. The van der Waals surface area contributed by atoms with Crippen molar-refractivity contribution in [3.8, 4) is 0 Å². The van der Waals surface area contributed by atoms with Gasteiger partial charge in [-0.25, -0.2) is 0 Å². The lowest BCUT2D eigenvalue weighted by atomic mass is 9.90. The van der Waals surface area contributed by atoms with Gasteiger partial charge in [-0.3, -0.25) is 9.59 Å². The lowest BCUT2D eigenvalue weighted by molar-refractivity contribution is -0.126. The van der Waals surface area contributed by atoms with Gasteiger partial charge in [0.25, 0.3) is 5.56 Å². The molecule has 0 N–H and O–H groups in total. The Morgan fingerprint density at radius 2 is 2.00 bits per heavy atom. The first kappa shape index (κ1) is 12.1. The van der Waals surface area contributed by atoms with Crippen LogP contribution in [0.1, 0.15) is 38.4 Å². The van der Waals surface area contributed by atoms with Crippen molar-refractivity contribution in [2.75, 3.05) is 0 Å². The molecule has 0 radical (unpaired) electrons. The van der Waals surface area contributed by atoms with Crippen molar-refractivity contribution in [1.82, 2.24) is 4.57 Å². The molecule has 0 unspecified atom stereocenters. The molecule has 1 aromatic rings. The molecule has 0 spiro atoms. The summed E-state index contributed by atoms with van der Waals surface area (Å²) in [6.07, 6.45) is 3.03. The van der Waals surface area contributed by atoms with Crippen LogP contribution >= 0.6 is 0 Å². The summed E-state index contributed by atoms with van der Waals surface area (Å²) < 4.78 is 1.66. The van der Waals surface area contributed by atoms with E-state index in [1.165, 1.54) is 5.56 Å². The van der Waals surface area contributed by atoms with Crippen LogP contribution in [0.4, 0.5) is 0 Å². The van der Waals surface area contributed by atoms with Gasteiger partial charge in [0.1, 0.15) is 0 Å². The second-order valence-corrected chi connectivity index (χ2v) is 5.76. The molecular formula is C14H19NO2. The smallest absolute Gasteiger partial charge is 0.251 e. The minimum absolute atomic E-state index is 0.0525. The van der Waals surface area contributed by atoms with Gasteiger partial charge in [-0.15, -0.1) is 0 Å². The van der Waals surface area contributed by atoms with Gasteiger partial charge in [0.2, 0.25) is 0 Å². The number of carbonyl (C=O) groups excluding carboxylic acids is 1. The first-order valence-electron chi connectivity index (χ1n) is 6.14. The van der Waals surface area contributed by atoms with E-state index in [9.17, 15) is 9.59 Å². The average molecular weight is 233 g/mol. The number of Topliss-reactive ketones (excluding diaryl/α,β-unsaturated/α-hetero) is 1. The molecule has 0 fully saturated rings. The quantitative estimate of drug-likeness (QED) is 0.783. The Balaban J connectivity index is 2.37. The minimum atomic E-state index is -0.388. The third-order valence-electron chi connectivity index (χ3n) is 3.39. The van der Waals surface area contributed by atoms with Gasteiger partial charge >= 0.3 is 0 Å². The van der Waals surface area contributed by atoms with Crippen molar-refractivity contribution in [2.45, 2.75) is 46.6 Å². The van der Waals surface area contributed by atoms with Gasteiger partial charge in [-0.1, -0.05) is 26.8 Å². The van der Waals surface area contributed by atoms with E-state index >= 15 is 0 Å². The molecule has 0 saturated carbocycles. The lowest BCUT2D eigenvalue weighted by Gasteiger charge is -2.19. The molecule has 1 aliphatic rings. The third-order valence-corrected chi connectivity index (χ3v) is 3.39. The average Bonchev–Trinajstić information content (AvgIpc) is 2.68. The van der Waals surface area contributed by atoms with Crippen LogP contribution < -0.4 is 5.56 Å². The monoisotopic (exact) mass is 233 g/mol. The number of pyridine rings is 1. The molecule has 3 nitrogen and oxygen atoms in total. The van der Waals surface area contributed by atoms with Crippen molar-refractivity contribution >= 4 is 5.78 Å². The van der Waals surface area contributed by atoms with Crippen LogP contribution in [0, 0.1) is 5.41 Å². The molecule has 0 bridgehead atoms. The molecule has 2 rings (SSSR count). The number of ketones is 1. The fraction of sp³-hybridized carbons (Fsp3) is 0.571. The number of carbonyl (C=O) groups is 1. The molecule has 17 heavy (non-hydrogen) atoms. The van der Waals surface area contributed by atoms with Crippen molar-refractivity contribution in [3.05, 3.63) is 33.7 Å². The summed E-state index contributed by atoms with van der Waals surface area (Å²) in [5.41, 5.74) is 1.85. The topological polar surface area (TPSA) is 39.1 Å². The van der Waals surface area contributed by atoms with E-state index in [4.69, 9.17) is 0 Å². The fourth-order valence-electron chi connectivity index (χ4n) is 2.19. The Hall–Kier alpha value is -1.38. The molecule has 1 aromatic heterocycles. The van der Waals surface area contributed by atoms with Gasteiger partial charge in [-0.2, -0.15) is 0 Å². The van der Waals surface area contributed by atoms with Crippen molar-refractivity contribution in [2.24, 2.45) is 5.41 Å². The zero-order valence-electron chi connectivity index (χ0n) is 10.7. The standard InChI is InChI=1S/C14H19NO2/c1-14(2,3)12(16)9-15-11-6-4-5-10(11)7-8-13(15)17/h7-8H,4-6,9H2,1-3H3. The van der Waals surface area contributed by atoms with Gasteiger partial charge in [0, 0.05) is 17.2 Å². The molecule has 0 atom stereocenters. The van der Waals surface area contributed by atoms with Crippen LogP contribution in [-0.4, -0.2) is 10.4 Å². The summed E-state index contributed by atoms with van der Waals surface area (Å²) in [6.45, 7) is 5.89. The van der Waals surface area contributed by atoms with E-state index < -0.39 is 0 Å². The molecule has 0 aliphatic heterocycles. The summed E-state index contributed by atoms with van der Waals surface area (Å²) >= 11 is 0. The Morgan fingerprint density at radius 1 is 1.29 bits per heavy atom. The van der Waals surface area contributed by atoms with Crippen LogP contribution in [0.15, 0.2) is 16.9 Å². The van der Waals surface area contributed by atoms with Gasteiger partial charge in [0.05, 0.1) is 6.54 Å². The van der Waals surface area contributed by atoms with E-state index in [0.717, 1.165) is 25.0 Å². The summed E-state index contributed by atoms with van der Waals surface area (Å²) in [5.74, 6) is 0.111. The summed E-state index contributed by atoms with van der Waals surface area (Å²) in [5, 5.41) is 0. The summed E-state index contributed by atoms with van der Waals surface area (Å²) in [6, 6.07) is 3.49. The molecule has 3 heteroatoms. The van der Waals surface area contributed by atoms with Crippen molar-refractivity contribution in [3.63, 3.8) is 0 Å². The zero-order chi connectivity index (χ0) is 12.6. The number of nitrogens with zero attached hydrogens (tertiary/aromatic N) is 1. The maximum absolute atomic E-state index is 12.0. The predicted molar refractivity (Wildman–Crippen MR) is 67.2 cm³/mol. The van der Waals surface area contributed by atoms with Crippen LogP contribution in [0.5, 0.6) is 0 Å². The highest BCUT2D eigenvalue weighted by Crippen LogP contribution is 2.21. The number of hydrogen-bond acceptors (Lipinski definition) is 2. The Labute approximate surface area is 101 Å². The number of aryl methyl sites for hydroxylation is 1. The van der Waals surface area contributed by atoms with Gasteiger partial charge < -0.3 is 4.57 Å². The molecule has 0 amide bonds. The molecular weight excluding hydrogens is 214 g/mol. The SMILES string of the molecule is CC(C)(C)C(=O)Cn1c2c(ccc1=O)CCC2. The van der Waals surface area contributed by atoms with Gasteiger partial charge in [0.15, 0.2) is 5.78 Å². The Kier molecular flexibility index (Phi) is 2.94. The number of fused-ring (bicyclic) bond motifs is 1. The van der Waals surface area contributed by atoms with Gasteiger partial charge in [-0.05, 0) is 24.8 Å². The normalized spacial score (nSPS) is 14.8. The molecule has 1 aliphatic carbocycles. The predicted octanol–water partition coefficient (Wildman–Crippen LogP) is 1.95.